The van der Waals surface area contributed by atoms with Crippen molar-refractivity contribution in [2.75, 3.05) is 29.0 Å². The highest BCUT2D eigenvalue weighted by Crippen LogP contribution is 2.21. The van der Waals surface area contributed by atoms with Crippen molar-refractivity contribution in [2.45, 2.75) is 6.92 Å². The summed E-state index contributed by atoms with van der Waals surface area (Å²) < 4.78 is 29.7. The lowest BCUT2D eigenvalue weighted by Crippen LogP contribution is -2.36. The van der Waals surface area contributed by atoms with Gasteiger partial charge in [-0.15, -0.1) is 0 Å². The first-order valence-corrected chi connectivity index (χ1v) is 10.1. The third-order valence-electron chi connectivity index (χ3n) is 3.44. The Kier molecular flexibility index (Phi) is 6.81. The molecule has 0 aromatic heterocycles. The van der Waals surface area contributed by atoms with Gasteiger partial charge >= 0.3 is 5.97 Å². The molecule has 0 saturated heterocycles. The molecule has 0 bridgehead atoms. The van der Waals surface area contributed by atoms with Crippen LogP contribution in [0.15, 0.2) is 48.5 Å². The first kappa shape index (κ1) is 20.7. The quantitative estimate of drug-likeness (QED) is 0.708. The van der Waals surface area contributed by atoms with Crippen LogP contribution in [0.1, 0.15) is 5.56 Å². The van der Waals surface area contributed by atoms with Crippen molar-refractivity contribution in [1.29, 1.82) is 0 Å². The van der Waals surface area contributed by atoms with Crippen LogP contribution in [0.5, 0.6) is 0 Å². The summed E-state index contributed by atoms with van der Waals surface area (Å²) in [6.07, 6.45) is 0.964. The number of nitrogens with zero attached hydrogens (tertiary/aromatic N) is 1. The number of sulfonamides is 1. The maximum Gasteiger partial charge on any atom is 0.327 e. The molecule has 2 rings (SSSR count). The maximum absolute atomic E-state index is 12.0. The van der Waals surface area contributed by atoms with Crippen molar-refractivity contribution >= 4 is 44.9 Å². The van der Waals surface area contributed by atoms with Crippen LogP contribution in [-0.4, -0.2) is 39.7 Å². The molecule has 1 N–H and O–H groups in total. The number of halogens is 1. The topological polar surface area (TPSA) is 92.8 Å². The Labute approximate surface area is 162 Å². The predicted molar refractivity (Wildman–Crippen MR) is 104 cm³/mol. The highest BCUT2D eigenvalue weighted by molar-refractivity contribution is 7.92. The Bertz CT molecular complexity index is 946. The normalized spacial score (nSPS) is 10.9. The van der Waals surface area contributed by atoms with Crippen LogP contribution in [0.3, 0.4) is 0 Å². The van der Waals surface area contributed by atoms with Gasteiger partial charge < -0.3 is 10.1 Å². The predicted octanol–water partition coefficient (Wildman–Crippen LogP) is 2.60. The Hall–Kier alpha value is -2.58. The fourth-order valence-corrected chi connectivity index (χ4v) is 3.28. The van der Waals surface area contributed by atoms with Crippen molar-refractivity contribution < 1.29 is 22.7 Å². The smallest absolute Gasteiger partial charge is 0.327 e. The van der Waals surface area contributed by atoms with E-state index in [0.717, 1.165) is 16.1 Å². The van der Waals surface area contributed by atoms with E-state index in [1.54, 1.807) is 30.3 Å². The molecular weight excluding hydrogens is 392 g/mol. The third kappa shape index (κ3) is 6.58. The largest absolute Gasteiger partial charge is 0.454 e. The fourth-order valence-electron chi connectivity index (χ4n) is 2.26. The van der Waals surface area contributed by atoms with E-state index in [1.807, 2.05) is 13.0 Å². The van der Waals surface area contributed by atoms with Crippen molar-refractivity contribution in [3.63, 3.8) is 0 Å². The Morgan fingerprint density at radius 3 is 2.48 bits per heavy atom. The molecule has 0 saturated carbocycles. The second kappa shape index (κ2) is 8.88. The minimum Gasteiger partial charge on any atom is -0.454 e. The number of esters is 1. The minimum atomic E-state index is -3.75. The summed E-state index contributed by atoms with van der Waals surface area (Å²) in [5.74, 6) is -1.39. The second-order valence-corrected chi connectivity index (χ2v) is 8.17. The molecule has 1 amide bonds. The van der Waals surface area contributed by atoms with Crippen molar-refractivity contribution in [1.82, 2.24) is 0 Å². The van der Waals surface area contributed by atoms with Gasteiger partial charge in [0.05, 0.1) is 11.9 Å². The SMILES string of the molecule is Cc1cccc(NC(=O)COC(=O)CN(c2cccc(Cl)c2)S(C)(=O)=O)c1. The monoisotopic (exact) mass is 410 g/mol. The summed E-state index contributed by atoms with van der Waals surface area (Å²) in [7, 11) is -3.75. The second-order valence-electron chi connectivity index (χ2n) is 5.83. The molecule has 0 unspecified atom stereocenters. The number of carbonyl (C=O) groups excluding carboxylic acids is 2. The molecule has 0 aliphatic rings. The van der Waals surface area contributed by atoms with Crippen LogP contribution >= 0.6 is 11.6 Å². The molecule has 0 spiro atoms. The molecule has 0 aliphatic carbocycles. The van der Waals surface area contributed by atoms with Crippen molar-refractivity contribution in [3.8, 4) is 0 Å². The summed E-state index contributed by atoms with van der Waals surface area (Å²) in [6.45, 7) is 0.780. The molecule has 27 heavy (non-hydrogen) atoms. The van der Waals surface area contributed by atoms with E-state index in [9.17, 15) is 18.0 Å². The zero-order valence-corrected chi connectivity index (χ0v) is 16.4. The molecule has 7 nitrogen and oxygen atoms in total. The van der Waals surface area contributed by atoms with Crippen LogP contribution < -0.4 is 9.62 Å². The minimum absolute atomic E-state index is 0.228. The summed E-state index contributed by atoms with van der Waals surface area (Å²) in [4.78, 5) is 23.9. The van der Waals surface area contributed by atoms with Crippen LogP contribution in [0.2, 0.25) is 5.02 Å². The zero-order valence-electron chi connectivity index (χ0n) is 14.8. The Balaban J connectivity index is 1.97. The standard InChI is InChI=1S/C18H19ClN2O5S/c1-13-5-3-7-15(9-13)20-17(22)12-26-18(23)11-21(27(2,24)25)16-8-4-6-14(19)10-16/h3-10H,11-12H2,1-2H3,(H,20,22). The molecule has 0 radical (unpaired) electrons. The molecule has 9 heteroatoms. The van der Waals surface area contributed by atoms with E-state index in [4.69, 9.17) is 16.3 Å². The van der Waals surface area contributed by atoms with Crippen LogP contribution in [0, 0.1) is 6.92 Å². The fraction of sp³-hybridized carbons (Fsp3) is 0.222. The molecule has 0 fully saturated rings. The van der Waals surface area contributed by atoms with Crippen molar-refractivity contribution in [2.24, 2.45) is 0 Å². The van der Waals surface area contributed by atoms with E-state index < -0.39 is 35.1 Å². The van der Waals surface area contributed by atoms with E-state index in [2.05, 4.69) is 5.32 Å². The van der Waals surface area contributed by atoms with E-state index >= 15 is 0 Å². The molecule has 2 aromatic rings. The van der Waals surface area contributed by atoms with Gasteiger partial charge in [-0.05, 0) is 42.8 Å². The number of hydrogen-bond acceptors (Lipinski definition) is 5. The number of aryl methyl sites for hydroxylation is 1. The van der Waals surface area contributed by atoms with Gasteiger partial charge in [0.15, 0.2) is 6.61 Å². The van der Waals surface area contributed by atoms with Gasteiger partial charge in [0.25, 0.3) is 5.91 Å². The summed E-state index contributed by atoms with van der Waals surface area (Å²) in [6, 6.07) is 13.2. The van der Waals surface area contributed by atoms with Gasteiger partial charge in [-0.2, -0.15) is 0 Å². The lowest BCUT2D eigenvalue weighted by atomic mass is 10.2. The number of nitrogens with one attached hydrogen (secondary N) is 1. The van der Waals surface area contributed by atoms with Gasteiger partial charge in [-0.3, -0.25) is 13.9 Å². The maximum atomic E-state index is 12.0. The molecule has 0 atom stereocenters. The zero-order chi connectivity index (χ0) is 20.0. The van der Waals surface area contributed by atoms with Crippen LogP contribution in [-0.2, 0) is 24.3 Å². The number of hydrogen-bond donors (Lipinski definition) is 1. The van der Waals surface area contributed by atoms with Gasteiger partial charge in [-0.1, -0.05) is 29.8 Å². The van der Waals surface area contributed by atoms with Gasteiger partial charge in [0.1, 0.15) is 6.54 Å². The first-order valence-electron chi connectivity index (χ1n) is 7.90. The van der Waals surface area contributed by atoms with E-state index in [1.165, 1.54) is 12.1 Å². The molecule has 2 aromatic carbocycles. The molecule has 144 valence electrons. The van der Waals surface area contributed by atoms with E-state index in [-0.39, 0.29) is 5.69 Å². The molecule has 0 aliphatic heterocycles. The number of anilines is 2. The van der Waals surface area contributed by atoms with Gasteiger partial charge in [-0.25, -0.2) is 8.42 Å². The average molecular weight is 411 g/mol. The number of rotatable bonds is 7. The Morgan fingerprint density at radius 1 is 1.15 bits per heavy atom. The lowest BCUT2D eigenvalue weighted by molar-refractivity contribution is -0.145. The first-order chi connectivity index (χ1) is 12.6. The summed E-state index contributed by atoms with van der Waals surface area (Å²) >= 11 is 5.88. The van der Waals surface area contributed by atoms with Gasteiger partial charge in [0, 0.05) is 10.7 Å². The highest BCUT2D eigenvalue weighted by Gasteiger charge is 2.22. The number of ether oxygens (including phenoxy) is 1. The average Bonchev–Trinajstić information content (AvgIpc) is 2.57. The lowest BCUT2D eigenvalue weighted by Gasteiger charge is -2.21. The number of carbonyl (C=O) groups is 2. The highest BCUT2D eigenvalue weighted by atomic mass is 35.5. The van der Waals surface area contributed by atoms with Crippen LogP contribution in [0.25, 0.3) is 0 Å². The number of amides is 1. The Morgan fingerprint density at radius 2 is 1.85 bits per heavy atom. The third-order valence-corrected chi connectivity index (χ3v) is 4.81. The summed E-state index contributed by atoms with van der Waals surface area (Å²) in [5, 5.41) is 2.92. The molecule has 0 heterocycles. The summed E-state index contributed by atoms with van der Waals surface area (Å²) in [5.41, 5.74) is 1.77. The van der Waals surface area contributed by atoms with Crippen LogP contribution in [0.4, 0.5) is 11.4 Å². The number of benzene rings is 2. The molecular formula is C18H19ClN2O5S. The van der Waals surface area contributed by atoms with E-state index in [0.29, 0.717) is 10.7 Å². The van der Waals surface area contributed by atoms with Gasteiger partial charge in [0.2, 0.25) is 10.0 Å². The van der Waals surface area contributed by atoms with Crippen molar-refractivity contribution in [3.05, 3.63) is 59.1 Å².